The standard InChI is InChI=1S/C77H142O6/c1-4-7-10-13-16-19-22-25-28-29-30-31-32-33-34-35-36-37-38-39-40-41-42-43-44-45-46-47-50-52-55-58-61-64-67-70-76(79)82-73-74(83-77(80)71-68-65-62-59-56-53-49-27-24-21-18-15-12-9-6-3)72-81-75(78)69-66-63-60-57-54-51-48-26-23-20-17-14-11-8-5-2/h18,21-22,25,27,29-30,49,74H,4-17,19-20,23-24,26,28,31-48,50-73H2,1-3H3/b21-18-,25-22-,30-29-,49-27-. The van der Waals surface area contributed by atoms with Gasteiger partial charge in [-0.15, -0.1) is 0 Å². The molecule has 0 fully saturated rings. The van der Waals surface area contributed by atoms with Crippen molar-refractivity contribution in [1.82, 2.24) is 0 Å². The Kier molecular flexibility index (Phi) is 69.6. The molecule has 0 saturated carbocycles. The molecule has 0 radical (unpaired) electrons. The first-order valence-electron chi connectivity index (χ1n) is 37.1. The number of esters is 3. The van der Waals surface area contributed by atoms with Crippen LogP contribution in [0.1, 0.15) is 406 Å². The van der Waals surface area contributed by atoms with Crippen LogP contribution in [0.2, 0.25) is 0 Å². The molecule has 83 heavy (non-hydrogen) atoms. The van der Waals surface area contributed by atoms with Gasteiger partial charge in [0.05, 0.1) is 0 Å². The summed E-state index contributed by atoms with van der Waals surface area (Å²) in [7, 11) is 0. The molecule has 6 nitrogen and oxygen atoms in total. The molecule has 0 spiro atoms. The Morgan fingerprint density at radius 3 is 0.687 bits per heavy atom. The van der Waals surface area contributed by atoms with E-state index in [0.29, 0.717) is 19.3 Å². The Labute approximate surface area is 518 Å². The number of hydrogen-bond acceptors (Lipinski definition) is 6. The predicted octanol–water partition coefficient (Wildman–Crippen LogP) is 25.7. The van der Waals surface area contributed by atoms with E-state index in [-0.39, 0.29) is 31.1 Å². The molecule has 6 heteroatoms. The van der Waals surface area contributed by atoms with Crippen molar-refractivity contribution in [2.24, 2.45) is 0 Å². The van der Waals surface area contributed by atoms with Gasteiger partial charge in [-0.25, -0.2) is 0 Å². The van der Waals surface area contributed by atoms with Crippen molar-refractivity contribution in [3.8, 4) is 0 Å². The van der Waals surface area contributed by atoms with Crippen molar-refractivity contribution in [2.75, 3.05) is 13.2 Å². The van der Waals surface area contributed by atoms with Crippen LogP contribution < -0.4 is 0 Å². The molecule has 0 aromatic rings. The fraction of sp³-hybridized carbons (Fsp3) is 0.857. The Morgan fingerprint density at radius 1 is 0.241 bits per heavy atom. The molecular weight excluding hydrogens is 1020 g/mol. The zero-order valence-electron chi connectivity index (χ0n) is 56.0. The van der Waals surface area contributed by atoms with Crippen LogP contribution in [0.25, 0.3) is 0 Å². The minimum atomic E-state index is -0.778. The number of hydrogen-bond donors (Lipinski definition) is 0. The topological polar surface area (TPSA) is 78.9 Å². The van der Waals surface area contributed by atoms with Gasteiger partial charge in [0.15, 0.2) is 6.10 Å². The summed E-state index contributed by atoms with van der Waals surface area (Å²) in [6.45, 7) is 6.66. The summed E-state index contributed by atoms with van der Waals surface area (Å²) in [5.41, 5.74) is 0. The van der Waals surface area contributed by atoms with Gasteiger partial charge in [-0.3, -0.25) is 14.4 Å². The molecule has 0 aromatic carbocycles. The third kappa shape index (κ3) is 70.0. The Morgan fingerprint density at radius 2 is 0.434 bits per heavy atom. The van der Waals surface area contributed by atoms with E-state index < -0.39 is 6.10 Å². The number of allylic oxidation sites excluding steroid dienone is 8. The van der Waals surface area contributed by atoms with Crippen molar-refractivity contribution >= 4 is 17.9 Å². The first kappa shape index (κ1) is 80.4. The van der Waals surface area contributed by atoms with Crippen molar-refractivity contribution in [2.45, 2.75) is 412 Å². The fourth-order valence-electron chi connectivity index (χ4n) is 11.2. The summed E-state index contributed by atoms with van der Waals surface area (Å²) in [4.78, 5) is 38.4. The van der Waals surface area contributed by atoms with E-state index in [0.717, 1.165) is 89.9 Å². The summed E-state index contributed by atoms with van der Waals surface area (Å²) in [5.74, 6) is -0.858. The molecule has 1 unspecified atom stereocenters. The third-order valence-corrected chi connectivity index (χ3v) is 16.8. The van der Waals surface area contributed by atoms with E-state index in [4.69, 9.17) is 14.2 Å². The second-order valence-electron chi connectivity index (χ2n) is 25.2. The van der Waals surface area contributed by atoms with Gasteiger partial charge in [0.25, 0.3) is 0 Å². The molecule has 0 aromatic heterocycles. The number of ether oxygens (including phenoxy) is 3. The fourth-order valence-corrected chi connectivity index (χ4v) is 11.2. The van der Waals surface area contributed by atoms with Gasteiger partial charge in [0.1, 0.15) is 13.2 Å². The van der Waals surface area contributed by atoms with Crippen molar-refractivity contribution in [3.05, 3.63) is 48.6 Å². The summed E-state index contributed by atoms with van der Waals surface area (Å²) in [6, 6.07) is 0. The quantitative estimate of drug-likeness (QED) is 0.0261. The Hall–Kier alpha value is -2.63. The highest BCUT2D eigenvalue weighted by atomic mass is 16.6. The first-order valence-corrected chi connectivity index (χ1v) is 37.1. The van der Waals surface area contributed by atoms with E-state index in [2.05, 4.69) is 69.4 Å². The zero-order chi connectivity index (χ0) is 59.9. The van der Waals surface area contributed by atoms with Crippen molar-refractivity contribution in [3.63, 3.8) is 0 Å². The monoisotopic (exact) mass is 1160 g/mol. The normalized spacial score (nSPS) is 12.3. The highest BCUT2D eigenvalue weighted by molar-refractivity contribution is 5.71. The number of carbonyl (C=O) groups excluding carboxylic acids is 3. The molecule has 0 aliphatic heterocycles. The van der Waals surface area contributed by atoms with Gasteiger partial charge < -0.3 is 14.2 Å². The van der Waals surface area contributed by atoms with E-state index in [1.165, 1.54) is 276 Å². The SMILES string of the molecule is CCCCC/C=C\C/C=C\CCCCCCCC(=O)OC(COC(=O)CCCCCCCCCCCCCCCCC)COC(=O)CCCCCCCCCCCCCCCCCCCCCCCCC/C=C\C/C=C\CCCCCCC. The summed E-state index contributed by atoms with van der Waals surface area (Å²) >= 11 is 0. The lowest BCUT2D eigenvalue weighted by Gasteiger charge is -2.18. The van der Waals surface area contributed by atoms with Crippen LogP contribution in [0, 0.1) is 0 Å². The predicted molar refractivity (Wildman–Crippen MR) is 362 cm³/mol. The second kappa shape index (κ2) is 71.8. The number of unbranched alkanes of at least 4 members (excludes halogenated alkanes) is 50. The highest BCUT2D eigenvalue weighted by Gasteiger charge is 2.19. The number of rotatable bonds is 69. The third-order valence-electron chi connectivity index (χ3n) is 16.8. The van der Waals surface area contributed by atoms with Crippen LogP contribution in [0.5, 0.6) is 0 Å². The molecule has 0 aliphatic carbocycles. The summed E-state index contributed by atoms with van der Waals surface area (Å²) in [6.07, 6.45) is 91.7. The molecule has 0 N–H and O–H groups in total. The Bertz CT molecular complexity index is 1430. The highest BCUT2D eigenvalue weighted by Crippen LogP contribution is 2.19. The molecule has 0 rings (SSSR count). The van der Waals surface area contributed by atoms with E-state index in [1.54, 1.807) is 0 Å². The molecule has 486 valence electrons. The maximum absolute atomic E-state index is 12.9. The van der Waals surface area contributed by atoms with Crippen LogP contribution >= 0.6 is 0 Å². The lowest BCUT2D eigenvalue weighted by Crippen LogP contribution is -2.30. The molecule has 1 atom stereocenters. The maximum Gasteiger partial charge on any atom is 0.306 e. The van der Waals surface area contributed by atoms with Gasteiger partial charge >= 0.3 is 17.9 Å². The summed E-state index contributed by atoms with van der Waals surface area (Å²) < 4.78 is 17.0. The van der Waals surface area contributed by atoms with Crippen LogP contribution in [-0.2, 0) is 28.6 Å². The maximum atomic E-state index is 12.9. The molecule has 0 amide bonds. The minimum Gasteiger partial charge on any atom is -0.462 e. The lowest BCUT2D eigenvalue weighted by molar-refractivity contribution is -0.167. The molecule has 0 aliphatic rings. The molecule has 0 heterocycles. The van der Waals surface area contributed by atoms with Gasteiger partial charge in [-0.1, -0.05) is 352 Å². The van der Waals surface area contributed by atoms with Crippen LogP contribution in [0.15, 0.2) is 48.6 Å². The van der Waals surface area contributed by atoms with E-state index >= 15 is 0 Å². The second-order valence-corrected chi connectivity index (χ2v) is 25.2. The van der Waals surface area contributed by atoms with Gasteiger partial charge in [-0.2, -0.15) is 0 Å². The number of carbonyl (C=O) groups is 3. The average molecular weight is 1160 g/mol. The average Bonchev–Trinajstić information content (AvgIpc) is 3.50. The van der Waals surface area contributed by atoms with Gasteiger partial charge in [0.2, 0.25) is 0 Å². The van der Waals surface area contributed by atoms with Gasteiger partial charge in [-0.05, 0) is 83.5 Å². The Balaban J connectivity index is 4.09. The van der Waals surface area contributed by atoms with Crippen LogP contribution in [-0.4, -0.2) is 37.2 Å². The van der Waals surface area contributed by atoms with Crippen molar-refractivity contribution < 1.29 is 28.6 Å². The van der Waals surface area contributed by atoms with E-state index in [9.17, 15) is 14.4 Å². The van der Waals surface area contributed by atoms with Gasteiger partial charge in [0, 0.05) is 19.3 Å². The zero-order valence-corrected chi connectivity index (χ0v) is 56.0. The lowest BCUT2D eigenvalue weighted by atomic mass is 10.0. The molecule has 0 saturated heterocycles. The minimum absolute atomic E-state index is 0.0728. The molecule has 0 bridgehead atoms. The first-order chi connectivity index (χ1) is 41.0. The van der Waals surface area contributed by atoms with E-state index in [1.807, 2.05) is 0 Å². The molecular formula is C77H142O6. The van der Waals surface area contributed by atoms with Crippen LogP contribution in [0.3, 0.4) is 0 Å². The van der Waals surface area contributed by atoms with Crippen molar-refractivity contribution in [1.29, 1.82) is 0 Å². The smallest absolute Gasteiger partial charge is 0.306 e. The largest absolute Gasteiger partial charge is 0.462 e. The van der Waals surface area contributed by atoms with Crippen LogP contribution in [0.4, 0.5) is 0 Å². The summed E-state index contributed by atoms with van der Waals surface area (Å²) in [5, 5.41) is 0.